The monoisotopic (exact) mass is 454 g/mol. The van der Waals surface area contributed by atoms with Gasteiger partial charge in [0.2, 0.25) is 11.8 Å². The van der Waals surface area contributed by atoms with E-state index in [0.29, 0.717) is 31.9 Å². The standard InChI is InChI=1S/C22H23FN6O4/c1-14(30)27-8-10-28(11-9-27)17-6-7-24-20-19(17)21(32)29(22(33)26(20)2)13-18(31)25-16-5-3-4-15(23)12-16/h3-7,12H,8-11,13H2,1-2H3,(H,25,31). The molecular weight excluding hydrogens is 431 g/mol. The molecule has 1 aromatic carbocycles. The van der Waals surface area contributed by atoms with Crippen molar-refractivity contribution < 1.29 is 14.0 Å². The second-order valence-electron chi connectivity index (χ2n) is 7.81. The minimum absolute atomic E-state index is 0.0108. The van der Waals surface area contributed by atoms with Gasteiger partial charge in [-0.05, 0) is 24.3 Å². The fourth-order valence-electron chi connectivity index (χ4n) is 3.97. The van der Waals surface area contributed by atoms with Crippen LogP contribution in [0.5, 0.6) is 0 Å². The van der Waals surface area contributed by atoms with Crippen molar-refractivity contribution in [2.75, 3.05) is 36.4 Å². The maximum absolute atomic E-state index is 13.4. The first-order valence-electron chi connectivity index (χ1n) is 10.4. The quantitative estimate of drug-likeness (QED) is 0.616. The molecule has 172 valence electrons. The lowest BCUT2D eigenvalue weighted by Gasteiger charge is -2.36. The number of carbonyl (C=O) groups excluding carboxylic acids is 2. The van der Waals surface area contributed by atoms with Gasteiger partial charge in [-0.1, -0.05) is 6.07 Å². The number of hydrogen-bond donors (Lipinski definition) is 1. The summed E-state index contributed by atoms with van der Waals surface area (Å²) in [4.78, 5) is 58.3. The van der Waals surface area contributed by atoms with Gasteiger partial charge in [-0.3, -0.25) is 23.5 Å². The molecule has 1 saturated heterocycles. The van der Waals surface area contributed by atoms with Crippen molar-refractivity contribution in [3.8, 4) is 0 Å². The number of fused-ring (bicyclic) bond motifs is 1. The fourth-order valence-corrected chi connectivity index (χ4v) is 3.97. The minimum atomic E-state index is -0.687. The van der Waals surface area contributed by atoms with E-state index in [-0.39, 0.29) is 22.6 Å². The van der Waals surface area contributed by atoms with E-state index in [0.717, 1.165) is 10.6 Å². The number of aryl methyl sites for hydroxylation is 1. The number of anilines is 2. The van der Waals surface area contributed by atoms with E-state index < -0.39 is 29.5 Å². The van der Waals surface area contributed by atoms with Crippen LogP contribution in [0.25, 0.3) is 11.0 Å². The maximum Gasteiger partial charge on any atom is 0.332 e. The molecule has 0 atom stereocenters. The highest BCUT2D eigenvalue weighted by Gasteiger charge is 2.24. The Bertz CT molecular complexity index is 1360. The van der Waals surface area contributed by atoms with Crippen molar-refractivity contribution >= 4 is 34.2 Å². The van der Waals surface area contributed by atoms with Crippen LogP contribution in [0.15, 0.2) is 46.1 Å². The zero-order valence-electron chi connectivity index (χ0n) is 18.2. The number of halogens is 1. The summed E-state index contributed by atoms with van der Waals surface area (Å²) < 4.78 is 15.5. The second-order valence-corrected chi connectivity index (χ2v) is 7.81. The predicted molar refractivity (Wildman–Crippen MR) is 121 cm³/mol. The molecule has 4 rings (SSSR count). The molecule has 11 heteroatoms. The van der Waals surface area contributed by atoms with E-state index in [9.17, 15) is 23.6 Å². The molecule has 1 fully saturated rings. The highest BCUT2D eigenvalue weighted by Crippen LogP contribution is 2.23. The van der Waals surface area contributed by atoms with Gasteiger partial charge in [-0.15, -0.1) is 0 Å². The van der Waals surface area contributed by atoms with Crippen molar-refractivity contribution in [3.05, 3.63) is 63.2 Å². The molecule has 0 spiro atoms. The largest absolute Gasteiger partial charge is 0.367 e. The molecule has 3 aromatic rings. The van der Waals surface area contributed by atoms with Crippen molar-refractivity contribution in [3.63, 3.8) is 0 Å². The molecule has 10 nitrogen and oxygen atoms in total. The average Bonchev–Trinajstić information content (AvgIpc) is 2.80. The Hall–Kier alpha value is -4.02. The van der Waals surface area contributed by atoms with Crippen LogP contribution in [-0.4, -0.2) is 57.0 Å². The van der Waals surface area contributed by atoms with Gasteiger partial charge in [0.25, 0.3) is 5.56 Å². The summed E-state index contributed by atoms with van der Waals surface area (Å²) in [5.74, 6) is -1.17. The van der Waals surface area contributed by atoms with E-state index in [4.69, 9.17) is 0 Å². The lowest BCUT2D eigenvalue weighted by atomic mass is 10.2. The first-order chi connectivity index (χ1) is 15.8. The van der Waals surface area contributed by atoms with E-state index in [2.05, 4.69) is 10.3 Å². The van der Waals surface area contributed by atoms with Crippen LogP contribution >= 0.6 is 0 Å². The van der Waals surface area contributed by atoms with Crippen molar-refractivity contribution in [1.82, 2.24) is 19.0 Å². The number of nitrogens with one attached hydrogen (secondary N) is 1. The normalized spacial score (nSPS) is 13.9. The molecule has 0 radical (unpaired) electrons. The molecule has 1 aliphatic rings. The van der Waals surface area contributed by atoms with Gasteiger partial charge in [-0.2, -0.15) is 0 Å². The minimum Gasteiger partial charge on any atom is -0.367 e. The Labute approximate surface area is 187 Å². The smallest absolute Gasteiger partial charge is 0.332 e. The molecule has 1 aliphatic heterocycles. The lowest BCUT2D eigenvalue weighted by molar-refractivity contribution is -0.129. The number of nitrogens with zero attached hydrogens (tertiary/aromatic N) is 5. The third kappa shape index (κ3) is 4.34. The van der Waals surface area contributed by atoms with Crippen molar-refractivity contribution in [2.24, 2.45) is 7.05 Å². The average molecular weight is 454 g/mol. The Kier molecular flexibility index (Phi) is 5.95. The van der Waals surface area contributed by atoms with Gasteiger partial charge >= 0.3 is 5.69 Å². The highest BCUT2D eigenvalue weighted by atomic mass is 19.1. The van der Waals surface area contributed by atoms with Gasteiger partial charge in [-0.25, -0.2) is 14.2 Å². The first kappa shape index (κ1) is 22.2. The molecule has 3 heterocycles. The molecule has 33 heavy (non-hydrogen) atoms. The van der Waals surface area contributed by atoms with Crippen LogP contribution in [0.3, 0.4) is 0 Å². The van der Waals surface area contributed by atoms with Gasteiger partial charge in [0.05, 0.1) is 5.69 Å². The van der Waals surface area contributed by atoms with Crippen LogP contribution < -0.4 is 21.5 Å². The van der Waals surface area contributed by atoms with Crippen LogP contribution in [-0.2, 0) is 23.2 Å². The number of pyridine rings is 1. The number of benzene rings is 1. The first-order valence-corrected chi connectivity index (χ1v) is 10.4. The summed E-state index contributed by atoms with van der Waals surface area (Å²) in [5, 5.41) is 2.71. The number of rotatable bonds is 4. The number of hydrogen-bond acceptors (Lipinski definition) is 6. The summed E-state index contributed by atoms with van der Waals surface area (Å²) in [6.45, 7) is 3.03. The summed E-state index contributed by atoms with van der Waals surface area (Å²) in [6, 6.07) is 7.02. The number of aromatic nitrogens is 3. The molecule has 1 N–H and O–H groups in total. The summed E-state index contributed by atoms with van der Waals surface area (Å²) >= 11 is 0. The zero-order valence-corrected chi connectivity index (χ0v) is 18.2. The lowest BCUT2D eigenvalue weighted by Crippen LogP contribution is -2.49. The fraction of sp³-hybridized carbons (Fsp3) is 0.318. The topological polar surface area (TPSA) is 110 Å². The molecule has 0 unspecified atom stereocenters. The van der Waals surface area contributed by atoms with Gasteiger partial charge in [0.15, 0.2) is 5.65 Å². The Morgan fingerprint density at radius 1 is 1.12 bits per heavy atom. The van der Waals surface area contributed by atoms with E-state index in [1.807, 2.05) is 4.90 Å². The van der Waals surface area contributed by atoms with Crippen molar-refractivity contribution in [1.29, 1.82) is 0 Å². The Morgan fingerprint density at radius 3 is 2.52 bits per heavy atom. The van der Waals surface area contributed by atoms with E-state index >= 15 is 0 Å². The SMILES string of the molecule is CC(=O)N1CCN(c2ccnc3c2c(=O)n(CC(=O)Nc2cccc(F)c2)c(=O)n3C)CC1. The van der Waals surface area contributed by atoms with Crippen LogP contribution in [0, 0.1) is 5.82 Å². The molecule has 2 aromatic heterocycles. The highest BCUT2D eigenvalue weighted by molar-refractivity contribution is 5.92. The maximum atomic E-state index is 13.4. The van der Waals surface area contributed by atoms with Gasteiger partial charge in [0.1, 0.15) is 17.7 Å². The van der Waals surface area contributed by atoms with Crippen LogP contribution in [0.1, 0.15) is 6.92 Å². The zero-order chi connectivity index (χ0) is 23.7. The summed E-state index contributed by atoms with van der Waals surface area (Å²) in [7, 11) is 1.48. The molecule has 2 amide bonds. The van der Waals surface area contributed by atoms with Crippen LogP contribution in [0.2, 0.25) is 0 Å². The number of amides is 2. The molecule has 0 aliphatic carbocycles. The van der Waals surface area contributed by atoms with Gasteiger partial charge < -0.3 is 15.1 Å². The number of carbonyl (C=O) groups is 2. The predicted octanol–water partition coefficient (Wildman–Crippen LogP) is 0.542. The van der Waals surface area contributed by atoms with Crippen LogP contribution in [0.4, 0.5) is 15.8 Å². The van der Waals surface area contributed by atoms with Crippen molar-refractivity contribution in [2.45, 2.75) is 13.5 Å². The Morgan fingerprint density at radius 2 is 1.85 bits per heavy atom. The second kappa shape index (κ2) is 8.85. The summed E-state index contributed by atoms with van der Waals surface area (Å²) in [5.41, 5.74) is -0.315. The molecular formula is C22H23FN6O4. The summed E-state index contributed by atoms with van der Waals surface area (Å²) in [6.07, 6.45) is 1.52. The Balaban J connectivity index is 1.70. The number of piperazine rings is 1. The van der Waals surface area contributed by atoms with E-state index in [1.165, 1.54) is 42.9 Å². The molecule has 0 bridgehead atoms. The third-order valence-electron chi connectivity index (χ3n) is 5.68. The third-order valence-corrected chi connectivity index (χ3v) is 5.68. The molecule has 0 saturated carbocycles. The van der Waals surface area contributed by atoms with Gasteiger partial charge in [0, 0.05) is 52.0 Å². The van der Waals surface area contributed by atoms with E-state index in [1.54, 1.807) is 11.0 Å².